The average Bonchev–Trinajstić information content (AvgIpc) is 2.43. The first-order valence-corrected chi connectivity index (χ1v) is 7.51. The van der Waals surface area contributed by atoms with Crippen molar-refractivity contribution in [3.05, 3.63) is 28.2 Å². The number of anilines is 1. The van der Waals surface area contributed by atoms with E-state index in [1.165, 1.54) is 25.9 Å². The zero-order valence-electron chi connectivity index (χ0n) is 10.7. The SMILES string of the molecule is Nc1ccc(Br)c(C(=O)NC2CN3CCC2CC3)c1. The maximum Gasteiger partial charge on any atom is 0.252 e. The molecule has 102 valence electrons. The molecule has 3 saturated heterocycles. The number of nitrogens with one attached hydrogen (secondary N) is 1. The van der Waals surface area contributed by atoms with Gasteiger partial charge in [-0.1, -0.05) is 0 Å². The Morgan fingerprint density at radius 2 is 2.11 bits per heavy atom. The van der Waals surface area contributed by atoms with Crippen LogP contribution in [0.1, 0.15) is 23.2 Å². The number of piperidine rings is 3. The molecule has 4 nitrogen and oxygen atoms in total. The van der Waals surface area contributed by atoms with E-state index >= 15 is 0 Å². The van der Waals surface area contributed by atoms with E-state index < -0.39 is 0 Å². The van der Waals surface area contributed by atoms with Crippen molar-refractivity contribution in [2.24, 2.45) is 5.92 Å². The van der Waals surface area contributed by atoms with Crippen molar-refractivity contribution in [2.75, 3.05) is 25.4 Å². The molecule has 19 heavy (non-hydrogen) atoms. The van der Waals surface area contributed by atoms with Gasteiger partial charge in [0.15, 0.2) is 0 Å². The summed E-state index contributed by atoms with van der Waals surface area (Å²) in [5.41, 5.74) is 6.98. The summed E-state index contributed by atoms with van der Waals surface area (Å²) in [5, 5.41) is 3.17. The van der Waals surface area contributed by atoms with Crippen LogP contribution in [0.2, 0.25) is 0 Å². The molecule has 4 rings (SSSR count). The molecular formula is C14H18BrN3O. The molecule has 3 aliphatic rings. The van der Waals surface area contributed by atoms with Gasteiger partial charge in [0.2, 0.25) is 0 Å². The van der Waals surface area contributed by atoms with Crippen LogP contribution in [0.4, 0.5) is 5.69 Å². The summed E-state index contributed by atoms with van der Waals surface area (Å²) in [7, 11) is 0. The van der Waals surface area contributed by atoms with Crippen LogP contribution < -0.4 is 11.1 Å². The number of benzene rings is 1. The molecule has 3 aliphatic heterocycles. The van der Waals surface area contributed by atoms with Crippen molar-refractivity contribution < 1.29 is 4.79 Å². The zero-order valence-corrected chi connectivity index (χ0v) is 12.3. The first kappa shape index (κ1) is 12.9. The van der Waals surface area contributed by atoms with E-state index in [9.17, 15) is 4.79 Å². The number of fused-ring (bicyclic) bond motifs is 3. The van der Waals surface area contributed by atoms with E-state index in [0.29, 0.717) is 17.2 Å². The molecule has 1 aromatic rings. The summed E-state index contributed by atoms with van der Waals surface area (Å²) < 4.78 is 0.792. The average molecular weight is 324 g/mol. The fourth-order valence-corrected chi connectivity index (χ4v) is 3.52. The van der Waals surface area contributed by atoms with Crippen molar-refractivity contribution in [1.29, 1.82) is 0 Å². The second kappa shape index (κ2) is 5.13. The summed E-state index contributed by atoms with van der Waals surface area (Å²) in [6.45, 7) is 3.34. The number of amides is 1. The van der Waals surface area contributed by atoms with Crippen molar-refractivity contribution in [3.63, 3.8) is 0 Å². The third-order valence-electron chi connectivity index (χ3n) is 4.21. The second-order valence-corrected chi connectivity index (χ2v) is 6.31. The third-order valence-corrected chi connectivity index (χ3v) is 4.90. The Labute approximate surface area is 121 Å². The molecule has 0 saturated carbocycles. The van der Waals surface area contributed by atoms with Crippen LogP contribution >= 0.6 is 15.9 Å². The van der Waals surface area contributed by atoms with Crippen molar-refractivity contribution in [3.8, 4) is 0 Å². The number of carbonyl (C=O) groups is 1. The fraction of sp³-hybridized carbons (Fsp3) is 0.500. The van der Waals surface area contributed by atoms with E-state index in [1.54, 1.807) is 12.1 Å². The van der Waals surface area contributed by atoms with Gasteiger partial charge in [-0.25, -0.2) is 0 Å². The maximum atomic E-state index is 12.3. The van der Waals surface area contributed by atoms with E-state index in [4.69, 9.17) is 5.73 Å². The number of nitrogens with two attached hydrogens (primary N) is 1. The van der Waals surface area contributed by atoms with Crippen LogP contribution in [-0.4, -0.2) is 36.5 Å². The Kier molecular flexibility index (Phi) is 3.50. The van der Waals surface area contributed by atoms with Gasteiger partial charge >= 0.3 is 0 Å². The van der Waals surface area contributed by atoms with Gasteiger partial charge in [0.1, 0.15) is 0 Å². The Bertz CT molecular complexity index is 497. The molecular weight excluding hydrogens is 306 g/mol. The summed E-state index contributed by atoms with van der Waals surface area (Å²) in [5.74, 6) is 0.603. The third kappa shape index (κ3) is 2.62. The van der Waals surface area contributed by atoms with Crippen LogP contribution in [0.5, 0.6) is 0 Å². The Morgan fingerprint density at radius 1 is 1.37 bits per heavy atom. The molecule has 3 N–H and O–H groups in total. The molecule has 0 spiro atoms. The standard InChI is InChI=1S/C14H18BrN3O/c15-12-2-1-10(16)7-11(12)14(19)17-13-8-18-5-3-9(13)4-6-18/h1-2,7,9,13H,3-6,8,16H2,(H,17,19). The number of carbonyl (C=O) groups excluding carboxylic acids is 1. The smallest absolute Gasteiger partial charge is 0.252 e. The normalized spacial score (nSPS) is 29.2. The Balaban J connectivity index is 1.73. The minimum Gasteiger partial charge on any atom is -0.399 e. The van der Waals surface area contributed by atoms with Crippen LogP contribution in [0.15, 0.2) is 22.7 Å². The predicted octanol–water partition coefficient (Wildman–Crippen LogP) is 1.86. The molecule has 1 aromatic carbocycles. The lowest BCUT2D eigenvalue weighted by molar-refractivity contribution is 0.0620. The van der Waals surface area contributed by atoms with Crippen LogP contribution in [0, 0.1) is 5.92 Å². The van der Waals surface area contributed by atoms with Gasteiger partial charge in [-0.05, 0) is 66.0 Å². The first-order chi connectivity index (χ1) is 9.13. The van der Waals surface area contributed by atoms with Crippen molar-refractivity contribution in [1.82, 2.24) is 10.2 Å². The van der Waals surface area contributed by atoms with Gasteiger partial charge in [-0.2, -0.15) is 0 Å². The second-order valence-electron chi connectivity index (χ2n) is 5.46. The van der Waals surface area contributed by atoms with Crippen molar-refractivity contribution >= 4 is 27.5 Å². The minimum absolute atomic E-state index is 0.0297. The van der Waals surface area contributed by atoms with Crippen LogP contribution in [-0.2, 0) is 0 Å². The van der Waals surface area contributed by atoms with Gasteiger partial charge in [0.05, 0.1) is 5.56 Å². The molecule has 3 fully saturated rings. The summed E-state index contributed by atoms with van der Waals surface area (Å²) in [6, 6.07) is 5.61. The summed E-state index contributed by atoms with van der Waals surface area (Å²) in [6.07, 6.45) is 2.39. The number of nitrogen functional groups attached to an aromatic ring is 1. The molecule has 5 heteroatoms. The summed E-state index contributed by atoms with van der Waals surface area (Å²) >= 11 is 3.41. The lowest BCUT2D eigenvalue weighted by atomic mass is 9.84. The topological polar surface area (TPSA) is 58.4 Å². The molecule has 1 unspecified atom stereocenters. The highest BCUT2D eigenvalue weighted by Gasteiger charge is 2.35. The quantitative estimate of drug-likeness (QED) is 0.817. The molecule has 1 amide bonds. The van der Waals surface area contributed by atoms with Crippen LogP contribution in [0.3, 0.4) is 0 Å². The maximum absolute atomic E-state index is 12.3. The molecule has 0 aromatic heterocycles. The Hall–Kier alpha value is -1.07. The summed E-state index contributed by atoms with van der Waals surface area (Å²) in [4.78, 5) is 14.8. The number of nitrogens with zero attached hydrogens (tertiary/aromatic N) is 1. The molecule has 0 radical (unpaired) electrons. The van der Waals surface area contributed by atoms with E-state index in [-0.39, 0.29) is 11.9 Å². The lowest BCUT2D eigenvalue weighted by Crippen LogP contribution is -2.57. The minimum atomic E-state index is -0.0297. The van der Waals surface area contributed by atoms with Crippen molar-refractivity contribution in [2.45, 2.75) is 18.9 Å². The van der Waals surface area contributed by atoms with E-state index in [2.05, 4.69) is 26.1 Å². The van der Waals surface area contributed by atoms with Gasteiger partial charge in [0.25, 0.3) is 5.91 Å². The number of halogens is 1. The highest BCUT2D eigenvalue weighted by Crippen LogP contribution is 2.28. The van der Waals surface area contributed by atoms with Gasteiger partial charge in [-0.3, -0.25) is 4.79 Å². The Morgan fingerprint density at radius 3 is 2.74 bits per heavy atom. The molecule has 1 atom stereocenters. The molecule has 3 heterocycles. The van der Waals surface area contributed by atoms with E-state index in [0.717, 1.165) is 11.0 Å². The van der Waals surface area contributed by atoms with Gasteiger partial charge in [0, 0.05) is 22.7 Å². The number of hydrogen-bond acceptors (Lipinski definition) is 3. The van der Waals surface area contributed by atoms with Gasteiger partial charge < -0.3 is 16.0 Å². The van der Waals surface area contributed by atoms with E-state index in [1.807, 2.05) is 6.07 Å². The highest BCUT2D eigenvalue weighted by atomic mass is 79.9. The monoisotopic (exact) mass is 323 g/mol. The largest absolute Gasteiger partial charge is 0.399 e. The lowest BCUT2D eigenvalue weighted by Gasteiger charge is -2.44. The predicted molar refractivity (Wildman–Crippen MR) is 79.0 cm³/mol. The fourth-order valence-electron chi connectivity index (χ4n) is 3.09. The zero-order chi connectivity index (χ0) is 13.4. The number of hydrogen-bond donors (Lipinski definition) is 2. The molecule has 2 bridgehead atoms. The highest BCUT2D eigenvalue weighted by molar-refractivity contribution is 9.10. The number of rotatable bonds is 2. The van der Waals surface area contributed by atoms with Gasteiger partial charge in [-0.15, -0.1) is 0 Å². The molecule has 0 aliphatic carbocycles. The van der Waals surface area contributed by atoms with Crippen LogP contribution in [0.25, 0.3) is 0 Å². The first-order valence-electron chi connectivity index (χ1n) is 6.72.